The fourth-order valence-corrected chi connectivity index (χ4v) is 3.79. The van der Waals surface area contributed by atoms with Gasteiger partial charge in [-0.15, -0.1) is 0 Å². The number of hydrogen-bond donors (Lipinski definition) is 1. The highest BCUT2D eigenvalue weighted by Gasteiger charge is 2.36. The van der Waals surface area contributed by atoms with Crippen molar-refractivity contribution in [2.45, 2.75) is 0 Å². The highest BCUT2D eigenvalue weighted by Crippen LogP contribution is 2.35. The maximum Gasteiger partial charge on any atom is 0.294 e. The van der Waals surface area contributed by atoms with Crippen molar-refractivity contribution in [2.24, 2.45) is 0 Å². The molecule has 0 aliphatic carbocycles. The molecule has 1 N–H and O–H groups in total. The molecule has 0 atom stereocenters. The Labute approximate surface area is 182 Å². The highest BCUT2D eigenvalue weighted by atomic mass is 32.2. The molecule has 2 aromatic carbocycles. The quantitative estimate of drug-likeness (QED) is 0.521. The third-order valence-corrected chi connectivity index (χ3v) is 5.26. The predicted molar refractivity (Wildman–Crippen MR) is 116 cm³/mol. The predicted octanol–water partition coefficient (Wildman–Crippen LogP) is 3.66. The average Bonchev–Trinajstić information content (AvgIpc) is 3.32. The molecule has 4 rings (SSSR count). The van der Waals surface area contributed by atoms with Gasteiger partial charge < -0.3 is 19.5 Å². The molecule has 2 aromatic rings. The van der Waals surface area contributed by atoms with E-state index in [1.165, 1.54) is 0 Å². The molecule has 0 spiro atoms. The number of thioether (sulfide) groups is 1. The molecule has 1 saturated heterocycles. The van der Waals surface area contributed by atoms with Crippen LogP contribution in [0.5, 0.6) is 17.2 Å². The van der Waals surface area contributed by atoms with Crippen LogP contribution in [0.2, 0.25) is 0 Å². The SMILES string of the molecule is C=CCOc1cccc(/C=C2/SC(=O)N(CC(=O)Nc3ccc4c(c3)OCO4)C2=O)c1. The van der Waals surface area contributed by atoms with Crippen molar-refractivity contribution in [1.82, 2.24) is 4.90 Å². The number of hydrogen-bond acceptors (Lipinski definition) is 7. The van der Waals surface area contributed by atoms with Gasteiger partial charge in [0.2, 0.25) is 12.7 Å². The zero-order valence-corrected chi connectivity index (χ0v) is 17.1. The fourth-order valence-electron chi connectivity index (χ4n) is 2.96. The summed E-state index contributed by atoms with van der Waals surface area (Å²) < 4.78 is 16.0. The lowest BCUT2D eigenvalue weighted by Gasteiger charge is -2.12. The summed E-state index contributed by atoms with van der Waals surface area (Å²) in [6, 6.07) is 12.1. The Bertz CT molecular complexity index is 1100. The number of amides is 3. The normalized spacial score (nSPS) is 16.0. The second kappa shape index (κ2) is 8.97. The Kier molecular flexibility index (Phi) is 5.94. The van der Waals surface area contributed by atoms with E-state index in [1.54, 1.807) is 54.6 Å². The van der Waals surface area contributed by atoms with E-state index in [0.29, 0.717) is 35.1 Å². The van der Waals surface area contributed by atoms with E-state index in [-0.39, 0.29) is 18.2 Å². The zero-order chi connectivity index (χ0) is 21.8. The molecule has 2 aliphatic heterocycles. The van der Waals surface area contributed by atoms with E-state index in [9.17, 15) is 14.4 Å². The minimum atomic E-state index is -0.520. The minimum Gasteiger partial charge on any atom is -0.490 e. The molecular formula is C22H18N2O6S. The Balaban J connectivity index is 1.41. The first-order chi connectivity index (χ1) is 15.0. The van der Waals surface area contributed by atoms with Crippen molar-refractivity contribution in [2.75, 3.05) is 25.3 Å². The number of anilines is 1. The lowest BCUT2D eigenvalue weighted by molar-refractivity contribution is -0.127. The number of ether oxygens (including phenoxy) is 3. The summed E-state index contributed by atoms with van der Waals surface area (Å²) in [5.74, 6) is 0.714. The van der Waals surface area contributed by atoms with E-state index >= 15 is 0 Å². The van der Waals surface area contributed by atoms with E-state index in [0.717, 1.165) is 16.7 Å². The first kappa shape index (κ1) is 20.5. The van der Waals surface area contributed by atoms with Crippen LogP contribution in [-0.2, 0) is 9.59 Å². The summed E-state index contributed by atoms with van der Waals surface area (Å²) in [4.78, 5) is 38.5. The van der Waals surface area contributed by atoms with Gasteiger partial charge in [-0.25, -0.2) is 0 Å². The molecule has 1 fully saturated rings. The van der Waals surface area contributed by atoms with Gasteiger partial charge in [-0.2, -0.15) is 0 Å². The molecule has 0 unspecified atom stereocenters. The maximum absolute atomic E-state index is 12.7. The summed E-state index contributed by atoms with van der Waals surface area (Å²) >= 11 is 0.790. The van der Waals surface area contributed by atoms with E-state index in [4.69, 9.17) is 14.2 Å². The number of fused-ring (bicyclic) bond motifs is 1. The Morgan fingerprint density at radius 3 is 2.87 bits per heavy atom. The summed E-state index contributed by atoms with van der Waals surface area (Å²) in [5.41, 5.74) is 1.19. The lowest BCUT2D eigenvalue weighted by atomic mass is 10.2. The first-order valence-electron chi connectivity index (χ1n) is 9.32. The maximum atomic E-state index is 12.7. The van der Waals surface area contributed by atoms with Gasteiger partial charge in [0.05, 0.1) is 4.91 Å². The van der Waals surface area contributed by atoms with Crippen LogP contribution in [0.15, 0.2) is 60.0 Å². The molecular weight excluding hydrogens is 420 g/mol. The van der Waals surface area contributed by atoms with Crippen molar-refractivity contribution in [3.63, 3.8) is 0 Å². The van der Waals surface area contributed by atoms with Gasteiger partial charge in [-0.1, -0.05) is 24.8 Å². The Morgan fingerprint density at radius 1 is 1.19 bits per heavy atom. The molecule has 2 heterocycles. The van der Waals surface area contributed by atoms with Gasteiger partial charge in [0, 0.05) is 11.8 Å². The second-order valence-corrected chi connectivity index (χ2v) is 7.55. The van der Waals surface area contributed by atoms with Gasteiger partial charge >= 0.3 is 0 Å². The Hall–Kier alpha value is -3.72. The van der Waals surface area contributed by atoms with Crippen LogP contribution >= 0.6 is 11.8 Å². The molecule has 0 radical (unpaired) electrons. The van der Waals surface area contributed by atoms with Crippen molar-refractivity contribution < 1.29 is 28.6 Å². The summed E-state index contributed by atoms with van der Waals surface area (Å²) in [7, 11) is 0. The minimum absolute atomic E-state index is 0.124. The van der Waals surface area contributed by atoms with Gasteiger partial charge in [-0.05, 0) is 47.7 Å². The van der Waals surface area contributed by atoms with Crippen LogP contribution in [0.3, 0.4) is 0 Å². The largest absolute Gasteiger partial charge is 0.490 e. The van der Waals surface area contributed by atoms with E-state index in [2.05, 4.69) is 11.9 Å². The fraction of sp³-hybridized carbons (Fsp3) is 0.136. The van der Waals surface area contributed by atoms with Gasteiger partial charge in [0.15, 0.2) is 11.5 Å². The molecule has 0 saturated carbocycles. The van der Waals surface area contributed by atoms with Crippen LogP contribution in [-0.4, -0.2) is 41.9 Å². The van der Waals surface area contributed by atoms with Crippen LogP contribution in [0.1, 0.15) is 5.56 Å². The third-order valence-electron chi connectivity index (χ3n) is 4.36. The molecule has 31 heavy (non-hydrogen) atoms. The smallest absolute Gasteiger partial charge is 0.294 e. The van der Waals surface area contributed by atoms with E-state index in [1.807, 2.05) is 0 Å². The summed E-state index contributed by atoms with van der Waals surface area (Å²) in [6.07, 6.45) is 3.23. The molecule has 8 nitrogen and oxygen atoms in total. The van der Waals surface area contributed by atoms with Crippen molar-refractivity contribution in [3.8, 4) is 17.2 Å². The molecule has 0 aromatic heterocycles. The van der Waals surface area contributed by atoms with Gasteiger partial charge in [0.1, 0.15) is 18.9 Å². The van der Waals surface area contributed by atoms with E-state index < -0.39 is 17.1 Å². The monoisotopic (exact) mass is 438 g/mol. The number of nitrogens with one attached hydrogen (secondary N) is 1. The Morgan fingerprint density at radius 2 is 2.03 bits per heavy atom. The van der Waals surface area contributed by atoms with Crippen molar-refractivity contribution >= 4 is 40.6 Å². The summed E-state index contributed by atoms with van der Waals surface area (Å²) in [6.45, 7) is 3.69. The first-order valence-corrected chi connectivity index (χ1v) is 10.1. The van der Waals surface area contributed by atoms with Crippen LogP contribution in [0.25, 0.3) is 6.08 Å². The van der Waals surface area contributed by atoms with Gasteiger partial charge in [0.25, 0.3) is 11.1 Å². The molecule has 158 valence electrons. The molecule has 0 bridgehead atoms. The third kappa shape index (κ3) is 4.72. The number of imide groups is 1. The molecule has 2 aliphatic rings. The van der Waals surface area contributed by atoms with Crippen LogP contribution < -0.4 is 19.5 Å². The van der Waals surface area contributed by atoms with Gasteiger partial charge in [-0.3, -0.25) is 19.3 Å². The highest BCUT2D eigenvalue weighted by molar-refractivity contribution is 8.18. The number of carbonyl (C=O) groups is 3. The number of rotatable bonds is 7. The van der Waals surface area contributed by atoms with Crippen molar-refractivity contribution in [1.29, 1.82) is 0 Å². The van der Waals surface area contributed by atoms with Crippen molar-refractivity contribution in [3.05, 3.63) is 65.6 Å². The van der Waals surface area contributed by atoms with Crippen LogP contribution in [0, 0.1) is 0 Å². The van der Waals surface area contributed by atoms with Crippen LogP contribution in [0.4, 0.5) is 10.5 Å². The number of carbonyl (C=O) groups excluding carboxylic acids is 3. The lowest BCUT2D eigenvalue weighted by Crippen LogP contribution is -2.36. The second-order valence-electron chi connectivity index (χ2n) is 6.56. The molecule has 9 heteroatoms. The zero-order valence-electron chi connectivity index (χ0n) is 16.3. The topological polar surface area (TPSA) is 94.2 Å². The average molecular weight is 438 g/mol. The summed E-state index contributed by atoms with van der Waals surface area (Å²) in [5, 5.41) is 2.15. The number of benzene rings is 2. The molecule has 3 amide bonds. The number of nitrogens with zero attached hydrogens (tertiary/aromatic N) is 1. The standard InChI is InChI=1S/C22H18N2O6S/c1-2-8-28-16-5-3-4-14(9-16)10-19-21(26)24(22(27)31-19)12-20(25)23-15-6-7-17-18(11-15)30-13-29-17/h2-7,9-11H,1,8,12-13H2,(H,23,25)/b19-10+.